The van der Waals surface area contributed by atoms with Crippen LogP contribution in [-0.2, 0) is 6.61 Å². The van der Waals surface area contributed by atoms with Crippen molar-refractivity contribution in [1.82, 2.24) is 24.8 Å². The fourth-order valence-corrected chi connectivity index (χ4v) is 5.26. The van der Waals surface area contributed by atoms with Crippen LogP contribution in [0.5, 0.6) is 17.2 Å². The minimum atomic E-state index is 0.203. The maximum Gasteiger partial charge on any atom is 0.192 e. The third kappa shape index (κ3) is 6.70. The number of rotatable bonds is 10. The maximum absolute atomic E-state index is 6.21. The third-order valence-corrected chi connectivity index (χ3v) is 7.18. The van der Waals surface area contributed by atoms with Gasteiger partial charge in [0.15, 0.2) is 11.5 Å². The summed E-state index contributed by atoms with van der Waals surface area (Å²) in [4.78, 5) is 6.76. The van der Waals surface area contributed by atoms with Gasteiger partial charge < -0.3 is 14.4 Å². The summed E-state index contributed by atoms with van der Waals surface area (Å²) in [5.41, 5.74) is 5.85. The molecule has 3 aromatic heterocycles. The van der Waals surface area contributed by atoms with E-state index in [0.29, 0.717) is 23.0 Å². The van der Waals surface area contributed by atoms with Gasteiger partial charge in [0, 0.05) is 42.5 Å². The lowest BCUT2D eigenvalue weighted by molar-refractivity contribution is 0.296. The Kier molecular flexibility index (Phi) is 7.98. The first-order chi connectivity index (χ1) is 21.2. The summed E-state index contributed by atoms with van der Waals surface area (Å²) in [5.74, 6) is 2.75. The van der Waals surface area contributed by atoms with E-state index in [2.05, 4.69) is 66.6 Å². The molecule has 0 aliphatic rings. The molecular formula is C36H36N6O2. The molecule has 0 aliphatic carbocycles. The molecule has 3 heterocycles. The number of benzene rings is 3. The molecule has 0 N–H and O–H groups in total. The van der Waals surface area contributed by atoms with Crippen molar-refractivity contribution in [3.63, 3.8) is 0 Å². The zero-order chi connectivity index (χ0) is 30.7. The van der Waals surface area contributed by atoms with Gasteiger partial charge in [0.1, 0.15) is 23.9 Å². The van der Waals surface area contributed by atoms with E-state index in [9.17, 15) is 0 Å². The second-order valence-corrected chi connectivity index (χ2v) is 12.2. The Morgan fingerprint density at radius 1 is 0.886 bits per heavy atom. The van der Waals surface area contributed by atoms with Gasteiger partial charge in [-0.2, -0.15) is 9.61 Å². The van der Waals surface area contributed by atoms with Crippen LogP contribution in [0.4, 0.5) is 5.69 Å². The van der Waals surface area contributed by atoms with Crippen LogP contribution in [0.25, 0.3) is 27.8 Å². The van der Waals surface area contributed by atoms with Gasteiger partial charge in [-0.05, 0) is 66.4 Å². The molecule has 44 heavy (non-hydrogen) atoms. The molecule has 0 saturated carbocycles. The molecule has 0 aliphatic heterocycles. The Morgan fingerprint density at radius 3 is 2.43 bits per heavy atom. The zero-order valence-electron chi connectivity index (χ0n) is 25.6. The van der Waals surface area contributed by atoms with Gasteiger partial charge >= 0.3 is 0 Å². The number of nitrogens with zero attached hydrogens (tertiary/aromatic N) is 6. The molecule has 3 aromatic carbocycles. The van der Waals surface area contributed by atoms with Crippen molar-refractivity contribution < 1.29 is 9.47 Å². The van der Waals surface area contributed by atoms with E-state index in [1.807, 2.05) is 78.9 Å². The predicted molar refractivity (Wildman–Crippen MR) is 175 cm³/mol. The molecule has 0 amide bonds. The summed E-state index contributed by atoms with van der Waals surface area (Å²) in [5, 5.41) is 14.2. The van der Waals surface area contributed by atoms with Crippen LogP contribution in [0, 0.1) is 5.41 Å². The first kappa shape index (κ1) is 28.9. The molecule has 0 spiro atoms. The second-order valence-electron chi connectivity index (χ2n) is 12.2. The van der Waals surface area contributed by atoms with Crippen LogP contribution in [-0.4, -0.2) is 38.4 Å². The fourth-order valence-electron chi connectivity index (χ4n) is 5.26. The van der Waals surface area contributed by atoms with Crippen LogP contribution in [0.15, 0.2) is 109 Å². The number of pyridine rings is 1. The van der Waals surface area contributed by atoms with Gasteiger partial charge in [-0.1, -0.05) is 63.3 Å². The lowest BCUT2D eigenvalue weighted by Crippen LogP contribution is -2.21. The van der Waals surface area contributed by atoms with Gasteiger partial charge in [0.2, 0.25) is 0 Å². The van der Waals surface area contributed by atoms with E-state index in [1.54, 1.807) is 10.7 Å². The lowest BCUT2D eigenvalue weighted by Gasteiger charge is -2.25. The van der Waals surface area contributed by atoms with Crippen LogP contribution in [0.1, 0.15) is 33.0 Å². The number of likely N-dealkylation sites (N-methyl/N-ethyl adjacent to an activating group) is 1. The fraction of sp³-hybridized carbons (Fsp3) is 0.222. The third-order valence-electron chi connectivity index (χ3n) is 7.18. The monoisotopic (exact) mass is 584 g/mol. The van der Waals surface area contributed by atoms with Crippen molar-refractivity contribution in [2.75, 3.05) is 18.5 Å². The predicted octanol–water partition coefficient (Wildman–Crippen LogP) is 8.14. The van der Waals surface area contributed by atoms with Crippen LogP contribution < -0.4 is 14.4 Å². The number of anilines is 1. The lowest BCUT2D eigenvalue weighted by atomic mass is 9.88. The highest BCUT2D eigenvalue weighted by molar-refractivity contribution is 5.86. The molecule has 6 aromatic rings. The average Bonchev–Trinajstić information content (AvgIpc) is 3.42. The van der Waals surface area contributed by atoms with E-state index in [-0.39, 0.29) is 12.0 Å². The maximum atomic E-state index is 6.21. The van der Waals surface area contributed by atoms with Crippen molar-refractivity contribution in [3.8, 4) is 28.5 Å². The number of hydrogen-bond acceptors (Lipinski definition) is 7. The van der Waals surface area contributed by atoms with Crippen LogP contribution >= 0.6 is 0 Å². The molecule has 0 fully saturated rings. The number of hydrogen-bond donors (Lipinski definition) is 0. The Hall–Kier alpha value is -5.24. The summed E-state index contributed by atoms with van der Waals surface area (Å²) >= 11 is 0. The Balaban J connectivity index is 1.13. The minimum Gasteiger partial charge on any atom is -0.485 e. The molecule has 0 radical (unpaired) electrons. The highest BCUT2D eigenvalue weighted by Crippen LogP contribution is 2.31. The highest BCUT2D eigenvalue weighted by Gasteiger charge is 2.14. The summed E-state index contributed by atoms with van der Waals surface area (Å²) < 4.78 is 14.1. The van der Waals surface area contributed by atoms with Crippen molar-refractivity contribution in [3.05, 3.63) is 115 Å². The first-order valence-corrected chi connectivity index (χ1v) is 14.7. The topological polar surface area (TPSA) is 77.7 Å². The normalized spacial score (nSPS) is 11.5. The van der Waals surface area contributed by atoms with E-state index in [0.717, 1.165) is 46.6 Å². The smallest absolute Gasteiger partial charge is 0.192 e. The molecule has 6 rings (SSSR count). The molecule has 8 nitrogen and oxygen atoms in total. The summed E-state index contributed by atoms with van der Waals surface area (Å²) in [7, 11) is 2.09. The molecule has 0 saturated heterocycles. The average molecular weight is 585 g/mol. The molecule has 8 heteroatoms. The molecule has 222 valence electrons. The van der Waals surface area contributed by atoms with Gasteiger partial charge in [0.25, 0.3) is 0 Å². The quantitative estimate of drug-likeness (QED) is 0.150. The van der Waals surface area contributed by atoms with Gasteiger partial charge in [-0.3, -0.25) is 4.98 Å². The van der Waals surface area contributed by atoms with Crippen molar-refractivity contribution in [2.24, 2.45) is 5.41 Å². The van der Waals surface area contributed by atoms with Crippen LogP contribution in [0.3, 0.4) is 0 Å². The van der Waals surface area contributed by atoms with E-state index in [4.69, 9.17) is 14.6 Å². The summed E-state index contributed by atoms with van der Waals surface area (Å²) in [6.45, 7) is 12.0. The van der Waals surface area contributed by atoms with Crippen molar-refractivity contribution in [1.29, 1.82) is 0 Å². The number of ether oxygens (including phenoxy) is 2. The Bertz CT molecular complexity index is 1910. The van der Waals surface area contributed by atoms with E-state index >= 15 is 0 Å². The van der Waals surface area contributed by atoms with Crippen LogP contribution in [0.2, 0.25) is 0 Å². The zero-order valence-corrected chi connectivity index (χ0v) is 25.6. The van der Waals surface area contributed by atoms with E-state index < -0.39 is 0 Å². The highest BCUT2D eigenvalue weighted by atomic mass is 16.5. The standard InChI is InChI=1S/C36H36N6O2/c1-25(22-36(2,3)4)23-41(5)27-11-13-28(14-12-27)44-29-15-16-30-32(21-29)37-20-19-33(30)43-24-35-39-38-34-18-17-31(40-42(34)35)26-9-7-6-8-10-26/h6-21H,1,22-24H2,2-5H3. The molecular weight excluding hydrogens is 548 g/mol. The van der Waals surface area contributed by atoms with E-state index in [1.165, 1.54) is 5.57 Å². The van der Waals surface area contributed by atoms with Gasteiger partial charge in [0.05, 0.1) is 11.2 Å². The second kappa shape index (κ2) is 12.2. The van der Waals surface area contributed by atoms with Gasteiger partial charge in [-0.25, -0.2) is 0 Å². The Morgan fingerprint density at radius 2 is 1.66 bits per heavy atom. The number of fused-ring (bicyclic) bond motifs is 2. The molecule has 0 bridgehead atoms. The first-order valence-electron chi connectivity index (χ1n) is 14.7. The minimum absolute atomic E-state index is 0.203. The SMILES string of the molecule is C=C(CN(C)c1ccc(Oc2ccc3c(OCc4nnc5ccc(-c6ccccc6)nn45)ccnc3c2)cc1)CC(C)(C)C. The number of aromatic nitrogens is 5. The Labute approximate surface area is 257 Å². The molecule has 0 unspecified atom stereocenters. The largest absolute Gasteiger partial charge is 0.485 e. The van der Waals surface area contributed by atoms with Crippen molar-refractivity contribution >= 4 is 22.2 Å². The molecule has 0 atom stereocenters. The van der Waals surface area contributed by atoms with Gasteiger partial charge in [-0.15, -0.1) is 10.2 Å². The summed E-state index contributed by atoms with van der Waals surface area (Å²) in [6, 6.07) is 29.6. The van der Waals surface area contributed by atoms with Crippen molar-refractivity contribution in [2.45, 2.75) is 33.8 Å². The summed E-state index contributed by atoms with van der Waals surface area (Å²) in [6.07, 6.45) is 2.72.